The zero-order chi connectivity index (χ0) is 19.4. The van der Waals surface area contributed by atoms with Gasteiger partial charge in [-0.15, -0.1) is 11.8 Å². The van der Waals surface area contributed by atoms with Crippen molar-refractivity contribution in [3.63, 3.8) is 0 Å². The molecular formula is C19H21BrN2O3S2. The van der Waals surface area contributed by atoms with Gasteiger partial charge in [-0.1, -0.05) is 22.0 Å². The molecule has 1 aliphatic rings. The largest absolute Gasteiger partial charge is 0.326 e. The molecule has 0 aromatic heterocycles. The molecule has 1 unspecified atom stereocenters. The van der Waals surface area contributed by atoms with Crippen molar-refractivity contribution in [2.24, 2.45) is 5.92 Å². The van der Waals surface area contributed by atoms with E-state index in [-0.39, 0.29) is 23.3 Å². The summed E-state index contributed by atoms with van der Waals surface area (Å²) in [5.41, 5.74) is 0.736. The molecule has 1 atom stereocenters. The summed E-state index contributed by atoms with van der Waals surface area (Å²) < 4.78 is 28.0. The maximum absolute atomic E-state index is 12.9. The lowest BCUT2D eigenvalue weighted by Gasteiger charge is -2.31. The summed E-state index contributed by atoms with van der Waals surface area (Å²) in [6, 6.07) is 14.2. The fourth-order valence-electron chi connectivity index (χ4n) is 3.08. The number of benzene rings is 2. The summed E-state index contributed by atoms with van der Waals surface area (Å²) in [5, 5.41) is 2.93. The molecule has 0 radical (unpaired) electrons. The highest BCUT2D eigenvalue weighted by molar-refractivity contribution is 9.10. The Kier molecular flexibility index (Phi) is 6.62. The van der Waals surface area contributed by atoms with Gasteiger partial charge in [-0.25, -0.2) is 8.42 Å². The van der Waals surface area contributed by atoms with Crippen molar-refractivity contribution in [3.8, 4) is 0 Å². The van der Waals surface area contributed by atoms with E-state index in [9.17, 15) is 13.2 Å². The predicted octanol–water partition coefficient (Wildman–Crippen LogP) is 4.21. The molecule has 0 bridgehead atoms. The number of nitrogens with one attached hydrogen (secondary N) is 1. The van der Waals surface area contributed by atoms with Crippen LogP contribution < -0.4 is 5.32 Å². The van der Waals surface area contributed by atoms with Gasteiger partial charge in [0.1, 0.15) is 0 Å². The molecule has 1 amide bonds. The van der Waals surface area contributed by atoms with E-state index in [4.69, 9.17) is 0 Å². The van der Waals surface area contributed by atoms with Crippen LogP contribution in [0.3, 0.4) is 0 Å². The monoisotopic (exact) mass is 468 g/mol. The number of piperidine rings is 1. The summed E-state index contributed by atoms with van der Waals surface area (Å²) in [4.78, 5) is 14.0. The molecule has 3 rings (SSSR count). The Balaban J connectivity index is 1.71. The first-order chi connectivity index (χ1) is 12.9. The van der Waals surface area contributed by atoms with Gasteiger partial charge in [0, 0.05) is 28.1 Å². The van der Waals surface area contributed by atoms with Crippen molar-refractivity contribution in [1.82, 2.24) is 4.31 Å². The molecule has 1 heterocycles. The fourth-order valence-corrected chi connectivity index (χ4v) is 5.32. The number of hydrogen-bond acceptors (Lipinski definition) is 4. The highest BCUT2D eigenvalue weighted by Gasteiger charge is 2.33. The van der Waals surface area contributed by atoms with E-state index < -0.39 is 10.0 Å². The lowest BCUT2D eigenvalue weighted by atomic mass is 9.99. The van der Waals surface area contributed by atoms with Gasteiger partial charge in [-0.05, 0) is 61.6 Å². The number of sulfonamides is 1. The first-order valence-electron chi connectivity index (χ1n) is 8.61. The van der Waals surface area contributed by atoms with Gasteiger partial charge < -0.3 is 5.32 Å². The number of amides is 1. The van der Waals surface area contributed by atoms with Crippen LogP contribution in [0.2, 0.25) is 0 Å². The number of carbonyl (C=O) groups is 1. The van der Waals surface area contributed by atoms with Gasteiger partial charge in [0.25, 0.3) is 0 Å². The molecule has 0 saturated carbocycles. The number of hydrogen-bond donors (Lipinski definition) is 1. The maximum atomic E-state index is 12.9. The Morgan fingerprint density at radius 2 is 1.96 bits per heavy atom. The highest BCUT2D eigenvalue weighted by Crippen LogP contribution is 2.26. The minimum atomic E-state index is -3.60. The molecule has 2 aromatic rings. The van der Waals surface area contributed by atoms with Crippen LogP contribution >= 0.6 is 27.7 Å². The number of thioether (sulfide) groups is 1. The van der Waals surface area contributed by atoms with Crippen LogP contribution in [0.4, 0.5) is 5.69 Å². The van der Waals surface area contributed by atoms with Gasteiger partial charge in [0.15, 0.2) is 0 Å². The number of halogens is 1. The zero-order valence-electron chi connectivity index (χ0n) is 14.9. The minimum Gasteiger partial charge on any atom is -0.326 e. The first-order valence-corrected chi connectivity index (χ1v) is 12.1. The minimum absolute atomic E-state index is 0.135. The van der Waals surface area contributed by atoms with Crippen LogP contribution in [0.5, 0.6) is 0 Å². The number of rotatable bonds is 5. The van der Waals surface area contributed by atoms with E-state index >= 15 is 0 Å². The summed E-state index contributed by atoms with van der Waals surface area (Å²) in [5.74, 6) is -0.495. The molecule has 2 aromatic carbocycles. The van der Waals surface area contributed by atoms with Crippen molar-refractivity contribution < 1.29 is 13.2 Å². The van der Waals surface area contributed by atoms with Crippen LogP contribution in [0.15, 0.2) is 62.8 Å². The molecule has 27 heavy (non-hydrogen) atoms. The molecule has 1 N–H and O–H groups in total. The Hall–Kier alpha value is -1.35. The zero-order valence-corrected chi connectivity index (χ0v) is 18.1. The van der Waals surface area contributed by atoms with E-state index in [0.717, 1.165) is 15.1 Å². The SMILES string of the molecule is CSc1cccc(NC(=O)C2CCCN(S(=O)(=O)c3ccc(Br)cc3)C2)c1. The van der Waals surface area contributed by atoms with Crippen molar-refractivity contribution in [1.29, 1.82) is 0 Å². The van der Waals surface area contributed by atoms with Crippen molar-refractivity contribution in [2.75, 3.05) is 24.7 Å². The third-order valence-corrected chi connectivity index (χ3v) is 7.68. The van der Waals surface area contributed by atoms with Gasteiger partial charge in [-0.2, -0.15) is 4.31 Å². The third-order valence-electron chi connectivity index (χ3n) is 4.54. The van der Waals surface area contributed by atoms with Crippen molar-refractivity contribution in [2.45, 2.75) is 22.6 Å². The molecule has 5 nitrogen and oxygen atoms in total. The molecule has 144 valence electrons. The molecular weight excluding hydrogens is 448 g/mol. The van der Waals surface area contributed by atoms with E-state index in [1.165, 1.54) is 4.31 Å². The standard InChI is InChI=1S/C19H21BrN2O3S2/c1-26-17-6-2-5-16(12-17)21-19(23)14-4-3-11-22(13-14)27(24,25)18-9-7-15(20)8-10-18/h2,5-10,12,14H,3-4,11,13H2,1H3,(H,21,23). The lowest BCUT2D eigenvalue weighted by molar-refractivity contribution is -0.120. The summed E-state index contributed by atoms with van der Waals surface area (Å²) >= 11 is 4.92. The smallest absolute Gasteiger partial charge is 0.243 e. The van der Waals surface area contributed by atoms with E-state index in [1.807, 2.05) is 30.5 Å². The van der Waals surface area contributed by atoms with Crippen LogP contribution in [0.1, 0.15) is 12.8 Å². The summed E-state index contributed by atoms with van der Waals surface area (Å²) in [6.07, 6.45) is 3.33. The van der Waals surface area contributed by atoms with Gasteiger partial charge in [0.2, 0.25) is 15.9 Å². The highest BCUT2D eigenvalue weighted by atomic mass is 79.9. The van der Waals surface area contributed by atoms with E-state index in [2.05, 4.69) is 21.2 Å². The number of anilines is 1. The van der Waals surface area contributed by atoms with Crippen molar-refractivity contribution >= 4 is 49.3 Å². The van der Waals surface area contributed by atoms with E-state index in [1.54, 1.807) is 36.0 Å². The Morgan fingerprint density at radius 1 is 1.22 bits per heavy atom. The molecule has 1 fully saturated rings. The quantitative estimate of drug-likeness (QED) is 0.667. The Bertz CT molecular complexity index is 917. The Labute approximate surface area is 172 Å². The van der Waals surface area contributed by atoms with Gasteiger partial charge in [0.05, 0.1) is 10.8 Å². The predicted molar refractivity (Wildman–Crippen MR) is 112 cm³/mol. The second-order valence-corrected chi connectivity index (χ2v) is 10.1. The topological polar surface area (TPSA) is 66.5 Å². The summed E-state index contributed by atoms with van der Waals surface area (Å²) in [7, 11) is -3.60. The molecule has 1 saturated heterocycles. The second-order valence-electron chi connectivity index (χ2n) is 6.38. The average molecular weight is 469 g/mol. The van der Waals surface area contributed by atoms with Crippen LogP contribution in [-0.2, 0) is 14.8 Å². The number of carbonyl (C=O) groups excluding carboxylic acids is 1. The average Bonchev–Trinajstić information content (AvgIpc) is 2.68. The van der Waals surface area contributed by atoms with Crippen LogP contribution in [-0.4, -0.2) is 38.0 Å². The number of nitrogens with zero attached hydrogens (tertiary/aromatic N) is 1. The third kappa shape index (κ3) is 4.93. The second kappa shape index (κ2) is 8.77. The fraction of sp³-hybridized carbons (Fsp3) is 0.316. The van der Waals surface area contributed by atoms with Crippen molar-refractivity contribution in [3.05, 3.63) is 53.0 Å². The van der Waals surface area contributed by atoms with Crippen LogP contribution in [0.25, 0.3) is 0 Å². The first kappa shape index (κ1) is 20.4. The molecule has 0 spiro atoms. The van der Waals surface area contributed by atoms with E-state index in [0.29, 0.717) is 19.4 Å². The normalized spacial score (nSPS) is 18.2. The van der Waals surface area contributed by atoms with Gasteiger partial charge in [-0.3, -0.25) is 4.79 Å². The maximum Gasteiger partial charge on any atom is 0.243 e. The van der Waals surface area contributed by atoms with Crippen LogP contribution in [0, 0.1) is 5.92 Å². The lowest BCUT2D eigenvalue weighted by Crippen LogP contribution is -2.43. The van der Waals surface area contributed by atoms with Gasteiger partial charge >= 0.3 is 0 Å². The molecule has 8 heteroatoms. The molecule has 0 aliphatic carbocycles. The Morgan fingerprint density at radius 3 is 2.67 bits per heavy atom. The summed E-state index contributed by atoms with van der Waals surface area (Å²) in [6.45, 7) is 0.636. The molecule has 1 aliphatic heterocycles.